The van der Waals surface area contributed by atoms with Crippen LogP contribution in [0.4, 0.5) is 5.69 Å². The fraction of sp³-hybridized carbons (Fsp3) is 0.105. The van der Waals surface area contributed by atoms with Crippen molar-refractivity contribution in [1.29, 1.82) is 0 Å². The van der Waals surface area contributed by atoms with Crippen LogP contribution in [0.3, 0.4) is 0 Å². The van der Waals surface area contributed by atoms with Gasteiger partial charge in [0, 0.05) is 22.7 Å². The van der Waals surface area contributed by atoms with E-state index in [-0.39, 0.29) is 5.91 Å². The highest BCUT2D eigenvalue weighted by molar-refractivity contribution is 7.09. The molecule has 0 saturated heterocycles. The van der Waals surface area contributed by atoms with Crippen LogP contribution in [-0.4, -0.2) is 12.5 Å². The summed E-state index contributed by atoms with van der Waals surface area (Å²) in [5, 5.41) is 8.19. The van der Waals surface area contributed by atoms with Gasteiger partial charge in [0.2, 0.25) is 5.91 Å². The molecule has 0 aliphatic carbocycles. The average Bonchev–Trinajstić information content (AvgIpc) is 3.09. The first kappa shape index (κ1) is 15.5. The Bertz CT molecular complexity index is 754. The van der Waals surface area contributed by atoms with Gasteiger partial charge < -0.3 is 10.6 Å². The van der Waals surface area contributed by atoms with E-state index in [0.29, 0.717) is 13.1 Å². The standard InChI is InChI=1S/C19H18N2OS/c22-19(14-20-13-16-9-6-12-23-16)21-18-11-5-4-10-17(18)15-7-2-1-3-8-15/h1-12,20H,13-14H2,(H,21,22). The first-order chi connectivity index (χ1) is 11.3. The largest absolute Gasteiger partial charge is 0.324 e. The van der Waals surface area contributed by atoms with Gasteiger partial charge in [-0.1, -0.05) is 54.6 Å². The van der Waals surface area contributed by atoms with Crippen molar-refractivity contribution in [2.75, 3.05) is 11.9 Å². The van der Waals surface area contributed by atoms with Crippen molar-refractivity contribution in [2.45, 2.75) is 6.54 Å². The third-order valence-electron chi connectivity index (χ3n) is 3.45. The van der Waals surface area contributed by atoms with Crippen molar-refractivity contribution in [3.8, 4) is 11.1 Å². The summed E-state index contributed by atoms with van der Waals surface area (Å²) in [6.07, 6.45) is 0. The van der Waals surface area contributed by atoms with E-state index in [4.69, 9.17) is 0 Å². The Labute approximate surface area is 140 Å². The molecule has 116 valence electrons. The quantitative estimate of drug-likeness (QED) is 0.716. The summed E-state index contributed by atoms with van der Waals surface area (Å²) in [4.78, 5) is 13.4. The van der Waals surface area contributed by atoms with Gasteiger partial charge in [0.05, 0.1) is 6.54 Å². The van der Waals surface area contributed by atoms with Crippen LogP contribution in [0.2, 0.25) is 0 Å². The number of para-hydroxylation sites is 1. The maximum atomic E-state index is 12.2. The van der Waals surface area contributed by atoms with E-state index in [1.165, 1.54) is 4.88 Å². The maximum Gasteiger partial charge on any atom is 0.238 e. The van der Waals surface area contributed by atoms with Crippen molar-refractivity contribution in [3.63, 3.8) is 0 Å². The summed E-state index contributed by atoms with van der Waals surface area (Å²) < 4.78 is 0. The van der Waals surface area contributed by atoms with Crippen LogP contribution in [-0.2, 0) is 11.3 Å². The van der Waals surface area contributed by atoms with E-state index in [2.05, 4.69) is 16.7 Å². The van der Waals surface area contributed by atoms with Crippen LogP contribution in [0.25, 0.3) is 11.1 Å². The SMILES string of the molecule is O=C(CNCc1cccs1)Nc1ccccc1-c1ccccc1. The van der Waals surface area contributed by atoms with E-state index < -0.39 is 0 Å². The fourth-order valence-electron chi connectivity index (χ4n) is 2.37. The molecule has 1 heterocycles. The zero-order valence-corrected chi connectivity index (χ0v) is 13.5. The highest BCUT2D eigenvalue weighted by Gasteiger charge is 2.07. The minimum atomic E-state index is -0.0371. The summed E-state index contributed by atoms with van der Waals surface area (Å²) in [5.41, 5.74) is 2.95. The van der Waals surface area contributed by atoms with Gasteiger partial charge in [-0.2, -0.15) is 0 Å². The first-order valence-corrected chi connectivity index (χ1v) is 8.38. The predicted molar refractivity (Wildman–Crippen MR) is 96.5 cm³/mol. The molecule has 3 rings (SSSR count). The lowest BCUT2D eigenvalue weighted by molar-refractivity contribution is -0.115. The second-order valence-corrected chi connectivity index (χ2v) is 6.17. The molecule has 4 heteroatoms. The van der Waals surface area contributed by atoms with Crippen LogP contribution in [0.1, 0.15) is 4.88 Å². The fourth-order valence-corrected chi connectivity index (χ4v) is 3.04. The van der Waals surface area contributed by atoms with Crippen molar-refractivity contribution >= 4 is 22.9 Å². The molecule has 23 heavy (non-hydrogen) atoms. The Kier molecular flexibility index (Phi) is 5.19. The van der Waals surface area contributed by atoms with Gasteiger partial charge in [0.1, 0.15) is 0 Å². The van der Waals surface area contributed by atoms with Crippen molar-refractivity contribution in [2.24, 2.45) is 0 Å². The Morgan fingerprint density at radius 2 is 1.70 bits per heavy atom. The second kappa shape index (κ2) is 7.72. The summed E-state index contributed by atoms with van der Waals surface area (Å²) in [6.45, 7) is 1.01. The molecule has 0 bridgehead atoms. The normalized spacial score (nSPS) is 10.4. The summed E-state index contributed by atoms with van der Waals surface area (Å²) >= 11 is 1.68. The molecule has 0 radical (unpaired) electrons. The highest BCUT2D eigenvalue weighted by atomic mass is 32.1. The zero-order chi connectivity index (χ0) is 15.9. The molecule has 3 aromatic rings. The van der Waals surface area contributed by atoms with E-state index in [1.807, 2.05) is 66.0 Å². The van der Waals surface area contributed by atoms with Gasteiger partial charge in [0.25, 0.3) is 0 Å². The lowest BCUT2D eigenvalue weighted by Gasteiger charge is -2.11. The molecule has 1 amide bonds. The minimum Gasteiger partial charge on any atom is -0.324 e. The number of carbonyl (C=O) groups is 1. The van der Waals surface area contributed by atoms with Crippen LogP contribution in [0, 0.1) is 0 Å². The van der Waals surface area contributed by atoms with Crippen LogP contribution in [0.5, 0.6) is 0 Å². The number of carbonyl (C=O) groups excluding carboxylic acids is 1. The van der Waals surface area contributed by atoms with Crippen LogP contribution >= 0.6 is 11.3 Å². The Morgan fingerprint density at radius 1 is 0.913 bits per heavy atom. The second-order valence-electron chi connectivity index (χ2n) is 5.14. The number of hydrogen-bond donors (Lipinski definition) is 2. The molecular formula is C19H18N2OS. The summed E-state index contributed by atoms with van der Waals surface area (Å²) in [6, 6.07) is 22.0. The third-order valence-corrected chi connectivity index (χ3v) is 4.33. The topological polar surface area (TPSA) is 41.1 Å². The molecule has 3 nitrogen and oxygen atoms in total. The van der Waals surface area contributed by atoms with Crippen molar-refractivity contribution in [1.82, 2.24) is 5.32 Å². The highest BCUT2D eigenvalue weighted by Crippen LogP contribution is 2.27. The number of rotatable bonds is 6. The molecular weight excluding hydrogens is 304 g/mol. The smallest absolute Gasteiger partial charge is 0.238 e. The number of thiophene rings is 1. The summed E-state index contributed by atoms with van der Waals surface area (Å²) in [7, 11) is 0. The molecule has 2 aromatic carbocycles. The monoisotopic (exact) mass is 322 g/mol. The van der Waals surface area contributed by atoms with E-state index in [9.17, 15) is 4.79 Å². The first-order valence-electron chi connectivity index (χ1n) is 7.50. The minimum absolute atomic E-state index is 0.0371. The molecule has 0 aliphatic heterocycles. The number of hydrogen-bond acceptors (Lipinski definition) is 3. The van der Waals surface area contributed by atoms with Crippen molar-refractivity contribution in [3.05, 3.63) is 77.0 Å². The van der Waals surface area contributed by atoms with Gasteiger partial charge in [-0.05, 0) is 23.1 Å². The molecule has 0 saturated carbocycles. The molecule has 1 aromatic heterocycles. The average molecular weight is 322 g/mol. The Hall–Kier alpha value is -2.43. The lowest BCUT2D eigenvalue weighted by Crippen LogP contribution is -2.27. The maximum absolute atomic E-state index is 12.2. The number of nitrogens with one attached hydrogen (secondary N) is 2. The Balaban J connectivity index is 1.62. The van der Waals surface area contributed by atoms with Gasteiger partial charge in [0.15, 0.2) is 0 Å². The van der Waals surface area contributed by atoms with Gasteiger partial charge in [-0.25, -0.2) is 0 Å². The predicted octanol–water partition coefficient (Wildman–Crippen LogP) is 4.14. The summed E-state index contributed by atoms with van der Waals surface area (Å²) in [5.74, 6) is -0.0371. The number of benzene rings is 2. The molecule has 0 unspecified atom stereocenters. The zero-order valence-electron chi connectivity index (χ0n) is 12.7. The third kappa shape index (κ3) is 4.28. The molecule has 0 fully saturated rings. The molecule has 0 spiro atoms. The van der Waals surface area contributed by atoms with Gasteiger partial charge in [-0.3, -0.25) is 4.79 Å². The number of amides is 1. The number of anilines is 1. The Morgan fingerprint density at radius 3 is 2.48 bits per heavy atom. The van der Waals surface area contributed by atoms with Gasteiger partial charge in [-0.15, -0.1) is 11.3 Å². The van der Waals surface area contributed by atoms with E-state index in [0.717, 1.165) is 16.8 Å². The molecule has 0 atom stereocenters. The van der Waals surface area contributed by atoms with Crippen LogP contribution < -0.4 is 10.6 Å². The van der Waals surface area contributed by atoms with Gasteiger partial charge >= 0.3 is 0 Å². The molecule has 0 aliphatic rings. The molecule has 2 N–H and O–H groups in total. The lowest BCUT2D eigenvalue weighted by atomic mass is 10.0. The van der Waals surface area contributed by atoms with E-state index >= 15 is 0 Å². The van der Waals surface area contributed by atoms with E-state index in [1.54, 1.807) is 11.3 Å². The van der Waals surface area contributed by atoms with Crippen LogP contribution in [0.15, 0.2) is 72.1 Å². The van der Waals surface area contributed by atoms with Crippen molar-refractivity contribution < 1.29 is 4.79 Å².